The van der Waals surface area contributed by atoms with Gasteiger partial charge in [-0.25, -0.2) is 8.42 Å². The summed E-state index contributed by atoms with van der Waals surface area (Å²) in [5, 5.41) is 2.77. The summed E-state index contributed by atoms with van der Waals surface area (Å²) in [4.78, 5) is 12.3. The van der Waals surface area contributed by atoms with E-state index < -0.39 is 16.1 Å². The summed E-state index contributed by atoms with van der Waals surface area (Å²) in [5.74, 6) is 0.833. The van der Waals surface area contributed by atoms with Gasteiger partial charge in [-0.2, -0.15) is 0 Å². The van der Waals surface area contributed by atoms with Gasteiger partial charge in [0.2, 0.25) is 10.0 Å². The standard InChI is InChI=1S/C20H24N2O5S/c1-5-14-26-18-10-6-16(7-11-18)21-20(23)15(2)27-19-12-8-17(9-13-19)22(3)28(4,24)25/h5-13,15H,1,14H2,2-4H3,(H,21,23). The molecule has 1 unspecified atom stereocenters. The molecule has 0 heterocycles. The van der Waals surface area contributed by atoms with Gasteiger partial charge in [-0.15, -0.1) is 0 Å². The van der Waals surface area contributed by atoms with Crippen LogP contribution in [0.25, 0.3) is 0 Å². The molecule has 1 N–H and O–H groups in total. The van der Waals surface area contributed by atoms with Gasteiger partial charge in [0.05, 0.1) is 11.9 Å². The zero-order chi connectivity index (χ0) is 20.7. The van der Waals surface area contributed by atoms with Gasteiger partial charge in [-0.1, -0.05) is 12.7 Å². The van der Waals surface area contributed by atoms with E-state index in [2.05, 4.69) is 11.9 Å². The highest BCUT2D eigenvalue weighted by molar-refractivity contribution is 7.92. The highest BCUT2D eigenvalue weighted by Crippen LogP contribution is 2.21. The van der Waals surface area contributed by atoms with Crippen molar-refractivity contribution in [3.8, 4) is 11.5 Å². The molecule has 28 heavy (non-hydrogen) atoms. The van der Waals surface area contributed by atoms with E-state index in [4.69, 9.17) is 9.47 Å². The molecule has 2 aromatic carbocycles. The molecule has 0 bridgehead atoms. The maximum Gasteiger partial charge on any atom is 0.265 e. The van der Waals surface area contributed by atoms with Gasteiger partial charge in [0.25, 0.3) is 5.91 Å². The van der Waals surface area contributed by atoms with Gasteiger partial charge in [0, 0.05) is 12.7 Å². The predicted octanol–water partition coefficient (Wildman–Crippen LogP) is 3.05. The SMILES string of the molecule is C=CCOc1ccc(NC(=O)C(C)Oc2ccc(N(C)S(C)(=O)=O)cc2)cc1. The number of ether oxygens (including phenoxy) is 2. The minimum Gasteiger partial charge on any atom is -0.490 e. The van der Waals surface area contributed by atoms with Crippen LogP contribution in [0.2, 0.25) is 0 Å². The first-order valence-corrected chi connectivity index (χ1v) is 10.4. The number of nitrogens with one attached hydrogen (secondary N) is 1. The number of hydrogen-bond donors (Lipinski definition) is 1. The Morgan fingerprint density at radius 1 is 1.14 bits per heavy atom. The molecule has 0 aliphatic rings. The van der Waals surface area contributed by atoms with Crippen LogP contribution in [0.15, 0.2) is 61.2 Å². The van der Waals surface area contributed by atoms with Crippen molar-refractivity contribution >= 4 is 27.3 Å². The van der Waals surface area contributed by atoms with Crippen LogP contribution in [0.1, 0.15) is 6.92 Å². The largest absolute Gasteiger partial charge is 0.490 e. The summed E-state index contributed by atoms with van der Waals surface area (Å²) >= 11 is 0. The number of carbonyl (C=O) groups excluding carboxylic acids is 1. The van der Waals surface area contributed by atoms with E-state index in [1.807, 2.05) is 0 Å². The van der Waals surface area contributed by atoms with Gasteiger partial charge in [-0.05, 0) is 55.5 Å². The molecule has 0 saturated heterocycles. The van der Waals surface area contributed by atoms with Crippen molar-refractivity contribution in [3.63, 3.8) is 0 Å². The fraction of sp³-hybridized carbons (Fsp3) is 0.250. The van der Waals surface area contributed by atoms with Gasteiger partial charge >= 0.3 is 0 Å². The average Bonchev–Trinajstić information content (AvgIpc) is 2.66. The van der Waals surface area contributed by atoms with Crippen molar-refractivity contribution in [2.45, 2.75) is 13.0 Å². The van der Waals surface area contributed by atoms with Crippen molar-refractivity contribution in [1.82, 2.24) is 0 Å². The van der Waals surface area contributed by atoms with Crippen molar-refractivity contribution in [2.75, 3.05) is 29.5 Å². The van der Waals surface area contributed by atoms with E-state index in [1.54, 1.807) is 61.5 Å². The molecule has 0 fully saturated rings. The summed E-state index contributed by atoms with van der Waals surface area (Å²) in [5.41, 5.74) is 1.13. The first-order valence-electron chi connectivity index (χ1n) is 8.56. The van der Waals surface area contributed by atoms with Crippen LogP contribution in [0.3, 0.4) is 0 Å². The van der Waals surface area contributed by atoms with Crippen molar-refractivity contribution in [2.24, 2.45) is 0 Å². The van der Waals surface area contributed by atoms with Gasteiger partial charge in [0.15, 0.2) is 6.10 Å². The number of nitrogens with zero attached hydrogens (tertiary/aromatic N) is 1. The fourth-order valence-corrected chi connectivity index (χ4v) is 2.72. The molecule has 0 aromatic heterocycles. The summed E-state index contributed by atoms with van der Waals surface area (Å²) in [6.45, 7) is 5.63. The second kappa shape index (κ2) is 9.27. The van der Waals surface area contributed by atoms with Crippen LogP contribution in [-0.4, -0.2) is 40.3 Å². The monoisotopic (exact) mass is 404 g/mol. The number of rotatable bonds is 9. The molecule has 8 heteroatoms. The normalized spacial score (nSPS) is 12.0. The molecule has 1 amide bonds. The third-order valence-electron chi connectivity index (χ3n) is 3.87. The predicted molar refractivity (Wildman–Crippen MR) is 111 cm³/mol. The van der Waals surface area contributed by atoms with Crippen LogP contribution < -0.4 is 19.1 Å². The molecule has 0 aliphatic heterocycles. The first-order chi connectivity index (χ1) is 13.2. The Morgan fingerprint density at radius 2 is 1.71 bits per heavy atom. The molecule has 0 radical (unpaired) electrons. The van der Waals surface area contributed by atoms with E-state index >= 15 is 0 Å². The van der Waals surface area contributed by atoms with Gasteiger partial charge < -0.3 is 14.8 Å². The number of amides is 1. The second-order valence-corrected chi connectivity index (χ2v) is 8.11. The van der Waals surface area contributed by atoms with Crippen LogP contribution in [0.5, 0.6) is 11.5 Å². The Labute approximate surface area is 165 Å². The second-order valence-electron chi connectivity index (χ2n) is 6.10. The molecule has 1 atom stereocenters. The molecular formula is C20H24N2O5S. The molecule has 2 aromatic rings. The summed E-state index contributed by atoms with van der Waals surface area (Å²) < 4.78 is 35.3. The van der Waals surface area contributed by atoms with Gasteiger partial charge in [-0.3, -0.25) is 9.10 Å². The smallest absolute Gasteiger partial charge is 0.265 e. The molecular weight excluding hydrogens is 380 g/mol. The molecule has 150 valence electrons. The van der Waals surface area contributed by atoms with Crippen LogP contribution in [0.4, 0.5) is 11.4 Å². The Hall–Kier alpha value is -3.00. The number of benzene rings is 2. The highest BCUT2D eigenvalue weighted by atomic mass is 32.2. The van der Waals surface area contributed by atoms with E-state index in [0.717, 1.165) is 10.6 Å². The lowest BCUT2D eigenvalue weighted by atomic mass is 10.2. The Balaban J connectivity index is 1.94. The third-order valence-corrected chi connectivity index (χ3v) is 5.08. The quantitative estimate of drug-likeness (QED) is 0.650. The lowest BCUT2D eigenvalue weighted by molar-refractivity contribution is -0.122. The number of sulfonamides is 1. The molecule has 0 spiro atoms. The molecule has 2 rings (SSSR count). The van der Waals surface area contributed by atoms with Crippen molar-refractivity contribution in [1.29, 1.82) is 0 Å². The van der Waals surface area contributed by atoms with E-state index in [-0.39, 0.29) is 5.91 Å². The average molecular weight is 404 g/mol. The third kappa shape index (κ3) is 6.02. The maximum atomic E-state index is 12.3. The Morgan fingerprint density at radius 3 is 2.25 bits per heavy atom. The minimum atomic E-state index is -3.33. The Kier molecular flexibility index (Phi) is 7.06. The van der Waals surface area contributed by atoms with Gasteiger partial charge in [0.1, 0.15) is 18.1 Å². The lowest BCUT2D eigenvalue weighted by Crippen LogP contribution is -2.30. The van der Waals surface area contributed by atoms with E-state index in [9.17, 15) is 13.2 Å². The zero-order valence-corrected chi connectivity index (χ0v) is 16.9. The topological polar surface area (TPSA) is 84.9 Å². The maximum absolute atomic E-state index is 12.3. The minimum absolute atomic E-state index is 0.308. The highest BCUT2D eigenvalue weighted by Gasteiger charge is 2.16. The summed E-state index contributed by atoms with van der Waals surface area (Å²) in [6.07, 6.45) is 2.04. The first kappa shape index (κ1) is 21.3. The van der Waals surface area contributed by atoms with Crippen molar-refractivity contribution in [3.05, 3.63) is 61.2 Å². The van der Waals surface area contributed by atoms with Crippen LogP contribution in [-0.2, 0) is 14.8 Å². The number of anilines is 2. The van der Waals surface area contributed by atoms with Crippen molar-refractivity contribution < 1.29 is 22.7 Å². The van der Waals surface area contributed by atoms with E-state index in [0.29, 0.717) is 29.5 Å². The number of hydrogen-bond acceptors (Lipinski definition) is 5. The zero-order valence-electron chi connectivity index (χ0n) is 16.1. The molecule has 0 saturated carbocycles. The molecule has 0 aliphatic carbocycles. The number of carbonyl (C=O) groups is 1. The molecule has 7 nitrogen and oxygen atoms in total. The summed E-state index contributed by atoms with van der Waals surface area (Å²) in [7, 11) is -1.87. The lowest BCUT2D eigenvalue weighted by Gasteiger charge is -2.18. The summed E-state index contributed by atoms with van der Waals surface area (Å²) in [6, 6.07) is 13.4. The Bertz CT molecular complexity index is 909. The van der Waals surface area contributed by atoms with Crippen LogP contribution >= 0.6 is 0 Å². The fourth-order valence-electron chi connectivity index (χ4n) is 2.22. The van der Waals surface area contributed by atoms with Crippen LogP contribution in [0, 0.1) is 0 Å². The van der Waals surface area contributed by atoms with E-state index in [1.165, 1.54) is 7.05 Å².